The first kappa shape index (κ1) is 13.3. The number of carbonyl (C=O) groups excluding carboxylic acids is 1. The van der Waals surface area contributed by atoms with Gasteiger partial charge >= 0.3 is 0 Å². The van der Waals surface area contributed by atoms with Crippen molar-refractivity contribution in [3.63, 3.8) is 0 Å². The summed E-state index contributed by atoms with van der Waals surface area (Å²) in [7, 11) is 0. The van der Waals surface area contributed by atoms with Crippen LogP contribution in [0.1, 0.15) is 19.8 Å². The molecule has 0 spiro atoms. The number of aromatic nitrogens is 1. The number of pyridine rings is 1. The summed E-state index contributed by atoms with van der Waals surface area (Å²) in [4.78, 5) is 15.5. The largest absolute Gasteiger partial charge is 0.492 e. The van der Waals surface area contributed by atoms with Gasteiger partial charge in [0.25, 0.3) is 0 Å². The molecule has 0 radical (unpaired) electrons. The third-order valence-corrected chi connectivity index (χ3v) is 2.74. The summed E-state index contributed by atoms with van der Waals surface area (Å²) in [6.45, 7) is 2.99. The standard InChI is InChI=1S/C15H18N2O2/c1-2-4-15(18)17-9-10-19-13-6-7-14-12(11-13)5-3-8-16-14/h3,5-8,11H,2,4,9-10H2,1H3,(H,17,18). The van der Waals surface area contributed by atoms with E-state index < -0.39 is 0 Å². The van der Waals surface area contributed by atoms with E-state index >= 15 is 0 Å². The summed E-state index contributed by atoms with van der Waals surface area (Å²) in [6, 6.07) is 9.68. The molecule has 19 heavy (non-hydrogen) atoms. The Kier molecular flexibility index (Phi) is 4.72. The lowest BCUT2D eigenvalue weighted by Gasteiger charge is -2.08. The summed E-state index contributed by atoms with van der Waals surface area (Å²) in [6.07, 6.45) is 3.21. The molecule has 0 aliphatic heterocycles. The number of benzene rings is 1. The van der Waals surface area contributed by atoms with Crippen molar-refractivity contribution in [3.05, 3.63) is 36.5 Å². The van der Waals surface area contributed by atoms with Crippen LogP contribution in [-0.4, -0.2) is 24.0 Å². The Morgan fingerprint density at radius 1 is 1.37 bits per heavy atom. The SMILES string of the molecule is CCCC(=O)NCCOc1ccc2ncccc2c1. The Morgan fingerprint density at radius 2 is 2.26 bits per heavy atom. The van der Waals surface area contributed by atoms with Gasteiger partial charge in [-0.25, -0.2) is 0 Å². The number of ether oxygens (including phenoxy) is 1. The molecular formula is C15H18N2O2. The summed E-state index contributed by atoms with van der Waals surface area (Å²) < 4.78 is 5.60. The average molecular weight is 258 g/mol. The number of amides is 1. The van der Waals surface area contributed by atoms with E-state index in [1.54, 1.807) is 6.20 Å². The Morgan fingerprint density at radius 3 is 3.11 bits per heavy atom. The molecule has 0 saturated carbocycles. The van der Waals surface area contributed by atoms with Crippen LogP contribution in [0.25, 0.3) is 10.9 Å². The first-order valence-electron chi connectivity index (χ1n) is 6.54. The lowest BCUT2D eigenvalue weighted by molar-refractivity contribution is -0.121. The zero-order chi connectivity index (χ0) is 13.5. The molecule has 2 aromatic rings. The van der Waals surface area contributed by atoms with Gasteiger partial charge in [-0.3, -0.25) is 9.78 Å². The van der Waals surface area contributed by atoms with E-state index in [-0.39, 0.29) is 5.91 Å². The number of rotatable bonds is 6. The van der Waals surface area contributed by atoms with Crippen molar-refractivity contribution in [2.24, 2.45) is 0 Å². The van der Waals surface area contributed by atoms with Gasteiger partial charge in [0.2, 0.25) is 5.91 Å². The summed E-state index contributed by atoms with van der Waals surface area (Å²) in [5.74, 6) is 0.874. The molecule has 100 valence electrons. The molecule has 1 N–H and O–H groups in total. The smallest absolute Gasteiger partial charge is 0.220 e. The molecule has 4 nitrogen and oxygen atoms in total. The Hall–Kier alpha value is -2.10. The van der Waals surface area contributed by atoms with E-state index in [9.17, 15) is 4.79 Å². The highest BCUT2D eigenvalue weighted by Crippen LogP contribution is 2.18. The molecule has 1 aromatic heterocycles. The van der Waals surface area contributed by atoms with Crippen LogP contribution in [0.3, 0.4) is 0 Å². The van der Waals surface area contributed by atoms with Crippen molar-refractivity contribution in [2.75, 3.05) is 13.2 Å². The topological polar surface area (TPSA) is 51.2 Å². The fraction of sp³-hybridized carbons (Fsp3) is 0.333. The molecule has 0 bridgehead atoms. The van der Waals surface area contributed by atoms with Crippen molar-refractivity contribution >= 4 is 16.8 Å². The number of hydrogen-bond acceptors (Lipinski definition) is 3. The van der Waals surface area contributed by atoms with Crippen molar-refractivity contribution in [2.45, 2.75) is 19.8 Å². The molecule has 1 amide bonds. The van der Waals surface area contributed by atoms with Crippen molar-refractivity contribution < 1.29 is 9.53 Å². The minimum atomic E-state index is 0.0776. The van der Waals surface area contributed by atoms with Gasteiger partial charge in [0.05, 0.1) is 12.1 Å². The van der Waals surface area contributed by atoms with Gasteiger partial charge in [-0.1, -0.05) is 13.0 Å². The van der Waals surface area contributed by atoms with Crippen LogP contribution in [0, 0.1) is 0 Å². The highest BCUT2D eigenvalue weighted by molar-refractivity contribution is 5.79. The zero-order valence-corrected chi connectivity index (χ0v) is 11.1. The van der Waals surface area contributed by atoms with Gasteiger partial charge in [0.15, 0.2) is 0 Å². The second-order valence-corrected chi connectivity index (χ2v) is 4.31. The molecule has 0 fully saturated rings. The monoisotopic (exact) mass is 258 g/mol. The lowest BCUT2D eigenvalue weighted by atomic mass is 10.2. The maximum absolute atomic E-state index is 11.3. The van der Waals surface area contributed by atoms with Crippen LogP contribution in [0.15, 0.2) is 36.5 Å². The minimum absolute atomic E-state index is 0.0776. The van der Waals surface area contributed by atoms with E-state index in [1.165, 1.54) is 0 Å². The van der Waals surface area contributed by atoms with E-state index in [1.807, 2.05) is 37.3 Å². The Labute approximate surface area is 112 Å². The first-order chi connectivity index (χ1) is 9.29. The molecule has 0 saturated heterocycles. The van der Waals surface area contributed by atoms with Crippen molar-refractivity contribution in [1.29, 1.82) is 0 Å². The molecule has 0 aliphatic carbocycles. The number of carbonyl (C=O) groups is 1. The van der Waals surface area contributed by atoms with Crippen LogP contribution in [0.4, 0.5) is 0 Å². The van der Waals surface area contributed by atoms with E-state index in [0.29, 0.717) is 19.6 Å². The normalized spacial score (nSPS) is 10.4. The molecule has 0 atom stereocenters. The fourth-order valence-corrected chi connectivity index (χ4v) is 1.82. The second kappa shape index (κ2) is 6.73. The number of nitrogens with one attached hydrogen (secondary N) is 1. The number of fused-ring (bicyclic) bond motifs is 1. The summed E-state index contributed by atoms with van der Waals surface area (Å²) in [5, 5.41) is 3.87. The molecular weight excluding hydrogens is 240 g/mol. The predicted molar refractivity (Wildman–Crippen MR) is 75.2 cm³/mol. The maximum Gasteiger partial charge on any atom is 0.220 e. The van der Waals surface area contributed by atoms with Crippen molar-refractivity contribution in [3.8, 4) is 5.75 Å². The van der Waals surface area contributed by atoms with Crippen LogP contribution in [0.5, 0.6) is 5.75 Å². The van der Waals surface area contributed by atoms with Gasteiger partial charge in [0.1, 0.15) is 12.4 Å². The van der Waals surface area contributed by atoms with E-state index in [0.717, 1.165) is 23.1 Å². The molecule has 1 heterocycles. The Bertz CT molecular complexity index is 555. The molecule has 0 unspecified atom stereocenters. The quantitative estimate of drug-likeness (QED) is 0.810. The second-order valence-electron chi connectivity index (χ2n) is 4.31. The van der Waals surface area contributed by atoms with Gasteiger partial charge < -0.3 is 10.1 Å². The van der Waals surface area contributed by atoms with Crippen LogP contribution >= 0.6 is 0 Å². The highest BCUT2D eigenvalue weighted by atomic mass is 16.5. The van der Waals surface area contributed by atoms with Gasteiger partial charge in [-0.15, -0.1) is 0 Å². The number of nitrogens with zero attached hydrogens (tertiary/aromatic N) is 1. The zero-order valence-electron chi connectivity index (χ0n) is 11.1. The van der Waals surface area contributed by atoms with Gasteiger partial charge in [-0.05, 0) is 30.7 Å². The average Bonchev–Trinajstić information content (AvgIpc) is 2.44. The minimum Gasteiger partial charge on any atom is -0.492 e. The fourth-order valence-electron chi connectivity index (χ4n) is 1.82. The van der Waals surface area contributed by atoms with E-state index in [4.69, 9.17) is 4.74 Å². The predicted octanol–water partition coefficient (Wildman–Crippen LogP) is 2.53. The van der Waals surface area contributed by atoms with Crippen LogP contribution in [-0.2, 0) is 4.79 Å². The number of hydrogen-bond donors (Lipinski definition) is 1. The first-order valence-corrected chi connectivity index (χ1v) is 6.54. The van der Waals surface area contributed by atoms with Crippen LogP contribution < -0.4 is 10.1 Å². The molecule has 4 heteroatoms. The van der Waals surface area contributed by atoms with Gasteiger partial charge in [0, 0.05) is 18.0 Å². The Balaban J connectivity index is 1.83. The van der Waals surface area contributed by atoms with Crippen molar-refractivity contribution in [1.82, 2.24) is 10.3 Å². The third-order valence-electron chi connectivity index (χ3n) is 2.74. The molecule has 2 rings (SSSR count). The van der Waals surface area contributed by atoms with E-state index in [2.05, 4.69) is 10.3 Å². The third kappa shape index (κ3) is 3.95. The van der Waals surface area contributed by atoms with Gasteiger partial charge in [-0.2, -0.15) is 0 Å². The molecule has 0 aliphatic rings. The lowest BCUT2D eigenvalue weighted by Crippen LogP contribution is -2.27. The summed E-state index contributed by atoms with van der Waals surface area (Å²) in [5.41, 5.74) is 0.950. The maximum atomic E-state index is 11.3. The highest BCUT2D eigenvalue weighted by Gasteiger charge is 2.00. The van der Waals surface area contributed by atoms with Crippen LogP contribution in [0.2, 0.25) is 0 Å². The molecule has 1 aromatic carbocycles. The summed E-state index contributed by atoms with van der Waals surface area (Å²) >= 11 is 0.